The molecule has 0 atom stereocenters. The Hall–Kier alpha value is -3.80. The summed E-state index contributed by atoms with van der Waals surface area (Å²) in [5.41, 5.74) is 3.90. The number of nitrogens with one attached hydrogen (secondary N) is 1. The normalized spacial score (nSPS) is 13.1. The maximum atomic E-state index is 13.0. The summed E-state index contributed by atoms with van der Waals surface area (Å²) >= 11 is 0. The molecule has 0 aliphatic carbocycles. The van der Waals surface area contributed by atoms with Gasteiger partial charge in [-0.25, -0.2) is 9.97 Å². The number of aromatic nitrogens is 3. The van der Waals surface area contributed by atoms with Crippen LogP contribution >= 0.6 is 0 Å². The molecule has 0 bridgehead atoms. The largest absolute Gasteiger partial charge is 0.360 e. The minimum atomic E-state index is 0.0350. The number of nitrogens with zero attached hydrogens (tertiary/aromatic N) is 4. The molecule has 2 aromatic heterocycles. The fourth-order valence-corrected chi connectivity index (χ4v) is 3.88. The molecule has 0 spiro atoms. The number of hydrogen-bond acceptors (Lipinski definition) is 5. The molecule has 1 amide bonds. The van der Waals surface area contributed by atoms with Crippen molar-refractivity contribution >= 4 is 28.3 Å². The van der Waals surface area contributed by atoms with E-state index in [-0.39, 0.29) is 12.5 Å². The second-order valence-corrected chi connectivity index (χ2v) is 7.29. The van der Waals surface area contributed by atoms with E-state index in [0.717, 1.165) is 41.5 Å². The molecule has 3 heterocycles. The van der Waals surface area contributed by atoms with E-state index in [0.29, 0.717) is 11.6 Å². The van der Waals surface area contributed by atoms with Gasteiger partial charge in [0, 0.05) is 35.6 Å². The Bertz CT molecular complexity index is 1210. The molecule has 1 aliphatic rings. The molecule has 1 aliphatic heterocycles. The molecule has 6 heteroatoms. The monoisotopic (exact) mass is 395 g/mol. The van der Waals surface area contributed by atoms with Gasteiger partial charge >= 0.3 is 0 Å². The van der Waals surface area contributed by atoms with Gasteiger partial charge in [-0.2, -0.15) is 0 Å². The number of amides is 1. The van der Waals surface area contributed by atoms with Gasteiger partial charge < -0.3 is 10.2 Å². The average Bonchev–Trinajstić information content (AvgIpc) is 2.82. The molecule has 30 heavy (non-hydrogen) atoms. The zero-order valence-corrected chi connectivity index (χ0v) is 16.5. The third kappa shape index (κ3) is 3.48. The zero-order valence-electron chi connectivity index (χ0n) is 16.5. The molecule has 4 aromatic rings. The molecule has 0 saturated carbocycles. The summed E-state index contributed by atoms with van der Waals surface area (Å²) in [5.74, 6) is 1.27. The van der Waals surface area contributed by atoms with Crippen molar-refractivity contribution < 1.29 is 4.79 Å². The third-order valence-corrected chi connectivity index (χ3v) is 5.34. The molecule has 0 unspecified atom stereocenters. The molecule has 1 N–H and O–H groups in total. The average molecular weight is 395 g/mol. The van der Waals surface area contributed by atoms with Gasteiger partial charge in [0.25, 0.3) is 0 Å². The van der Waals surface area contributed by atoms with Crippen molar-refractivity contribution in [2.75, 3.05) is 23.3 Å². The Morgan fingerprint density at radius 1 is 1.00 bits per heavy atom. The standard InChI is InChI=1S/C24H21N5O/c30-22(29-14-6-9-17-7-1-4-12-21(17)29)16-26-24-19-10-2-3-11-20(19)27-23(28-24)18-8-5-13-25-15-18/h1-5,7-8,10-13,15H,6,9,14,16H2,(H,26,27,28). The number of pyridine rings is 1. The van der Waals surface area contributed by atoms with Crippen LogP contribution in [0.3, 0.4) is 0 Å². The molecular formula is C24H21N5O. The van der Waals surface area contributed by atoms with Crippen molar-refractivity contribution in [2.45, 2.75) is 12.8 Å². The lowest BCUT2D eigenvalue weighted by Gasteiger charge is -2.29. The summed E-state index contributed by atoms with van der Waals surface area (Å²) in [6.45, 7) is 0.908. The predicted molar refractivity (Wildman–Crippen MR) is 118 cm³/mol. The first-order chi connectivity index (χ1) is 14.8. The van der Waals surface area contributed by atoms with Crippen LogP contribution in [0.25, 0.3) is 22.3 Å². The van der Waals surface area contributed by atoms with Crippen molar-refractivity contribution in [1.29, 1.82) is 0 Å². The number of fused-ring (bicyclic) bond motifs is 2. The van der Waals surface area contributed by atoms with Gasteiger partial charge in [-0.3, -0.25) is 9.78 Å². The van der Waals surface area contributed by atoms with Crippen LogP contribution in [0.4, 0.5) is 11.5 Å². The summed E-state index contributed by atoms with van der Waals surface area (Å²) in [5, 5.41) is 4.15. The molecule has 6 nitrogen and oxygen atoms in total. The Kier molecular flexibility index (Phi) is 4.81. The van der Waals surface area contributed by atoms with Crippen LogP contribution in [0.2, 0.25) is 0 Å². The molecule has 148 valence electrons. The second-order valence-electron chi connectivity index (χ2n) is 7.29. The molecule has 2 aromatic carbocycles. The second kappa shape index (κ2) is 7.91. The van der Waals surface area contributed by atoms with E-state index in [1.807, 2.05) is 59.5 Å². The SMILES string of the molecule is O=C(CNc1nc(-c2cccnc2)nc2ccccc12)N1CCCc2ccccc21. The number of benzene rings is 2. The van der Waals surface area contributed by atoms with Gasteiger partial charge in [-0.15, -0.1) is 0 Å². The van der Waals surface area contributed by atoms with Gasteiger partial charge in [0.05, 0.1) is 12.1 Å². The number of carbonyl (C=O) groups excluding carboxylic acids is 1. The van der Waals surface area contributed by atoms with E-state index >= 15 is 0 Å². The lowest BCUT2D eigenvalue weighted by atomic mass is 10.0. The van der Waals surface area contributed by atoms with E-state index < -0.39 is 0 Å². The quantitative estimate of drug-likeness (QED) is 0.564. The van der Waals surface area contributed by atoms with E-state index in [9.17, 15) is 4.79 Å². The summed E-state index contributed by atoms with van der Waals surface area (Å²) in [6, 6.07) is 19.7. The van der Waals surface area contributed by atoms with Crippen LogP contribution in [0.1, 0.15) is 12.0 Å². The van der Waals surface area contributed by atoms with Gasteiger partial charge in [-0.05, 0) is 48.7 Å². The van der Waals surface area contributed by atoms with Crippen LogP contribution in [0.15, 0.2) is 73.1 Å². The highest BCUT2D eigenvalue weighted by Crippen LogP contribution is 2.27. The molecule has 0 radical (unpaired) electrons. The van der Waals surface area contributed by atoms with Crippen molar-refractivity contribution in [3.05, 3.63) is 78.6 Å². The highest BCUT2D eigenvalue weighted by atomic mass is 16.2. The first kappa shape index (κ1) is 18.2. The number of rotatable bonds is 4. The van der Waals surface area contributed by atoms with Gasteiger partial charge in [-0.1, -0.05) is 30.3 Å². The van der Waals surface area contributed by atoms with Crippen molar-refractivity contribution in [1.82, 2.24) is 15.0 Å². The third-order valence-electron chi connectivity index (χ3n) is 5.34. The Labute approximate surface area is 174 Å². The Morgan fingerprint density at radius 2 is 1.87 bits per heavy atom. The summed E-state index contributed by atoms with van der Waals surface area (Å²) in [6.07, 6.45) is 5.45. The summed E-state index contributed by atoms with van der Waals surface area (Å²) < 4.78 is 0. The summed E-state index contributed by atoms with van der Waals surface area (Å²) in [7, 11) is 0. The van der Waals surface area contributed by atoms with Gasteiger partial charge in [0.15, 0.2) is 5.82 Å². The minimum absolute atomic E-state index is 0.0350. The fraction of sp³-hybridized carbons (Fsp3) is 0.167. The highest BCUT2D eigenvalue weighted by molar-refractivity contribution is 5.98. The van der Waals surface area contributed by atoms with Crippen LogP contribution in [0, 0.1) is 0 Å². The van der Waals surface area contributed by atoms with E-state index in [1.165, 1.54) is 5.56 Å². The van der Waals surface area contributed by atoms with Gasteiger partial charge in [0.2, 0.25) is 5.91 Å². The lowest BCUT2D eigenvalue weighted by Crippen LogP contribution is -2.39. The fourth-order valence-electron chi connectivity index (χ4n) is 3.88. The molecule has 0 saturated heterocycles. The Morgan fingerprint density at radius 3 is 2.77 bits per heavy atom. The van der Waals surface area contributed by atoms with Crippen LogP contribution < -0.4 is 10.2 Å². The first-order valence-corrected chi connectivity index (χ1v) is 10.1. The smallest absolute Gasteiger partial charge is 0.246 e. The maximum Gasteiger partial charge on any atom is 0.246 e. The molecule has 0 fully saturated rings. The minimum Gasteiger partial charge on any atom is -0.360 e. The van der Waals surface area contributed by atoms with Crippen LogP contribution in [-0.4, -0.2) is 33.9 Å². The van der Waals surface area contributed by atoms with Crippen molar-refractivity contribution in [2.24, 2.45) is 0 Å². The number of hydrogen-bond donors (Lipinski definition) is 1. The predicted octanol–water partition coefficient (Wildman–Crippen LogP) is 4.08. The van der Waals surface area contributed by atoms with Crippen LogP contribution in [0.5, 0.6) is 0 Å². The topological polar surface area (TPSA) is 71.0 Å². The zero-order chi connectivity index (χ0) is 20.3. The number of anilines is 2. The van der Waals surface area contributed by atoms with E-state index in [4.69, 9.17) is 4.98 Å². The Balaban J connectivity index is 1.44. The lowest BCUT2D eigenvalue weighted by molar-refractivity contribution is -0.117. The van der Waals surface area contributed by atoms with Crippen LogP contribution in [-0.2, 0) is 11.2 Å². The maximum absolute atomic E-state index is 13.0. The van der Waals surface area contributed by atoms with E-state index in [1.54, 1.807) is 12.4 Å². The van der Waals surface area contributed by atoms with E-state index in [2.05, 4.69) is 21.4 Å². The number of aryl methyl sites for hydroxylation is 1. The van der Waals surface area contributed by atoms with Gasteiger partial charge in [0.1, 0.15) is 5.82 Å². The number of carbonyl (C=O) groups is 1. The van der Waals surface area contributed by atoms with Crippen molar-refractivity contribution in [3.8, 4) is 11.4 Å². The van der Waals surface area contributed by atoms with Crippen molar-refractivity contribution in [3.63, 3.8) is 0 Å². The highest BCUT2D eigenvalue weighted by Gasteiger charge is 2.22. The first-order valence-electron chi connectivity index (χ1n) is 10.1. The molecule has 5 rings (SSSR count). The molecular weight excluding hydrogens is 374 g/mol. The number of para-hydroxylation sites is 2. The summed E-state index contributed by atoms with van der Waals surface area (Å²) in [4.78, 5) is 28.4.